The van der Waals surface area contributed by atoms with Crippen LogP contribution in [0.4, 0.5) is 4.79 Å². The molecule has 0 spiro atoms. The molecule has 7 heteroatoms. The molecule has 1 atom stereocenters. The summed E-state index contributed by atoms with van der Waals surface area (Å²) in [6, 6.07) is 15.7. The highest BCUT2D eigenvalue weighted by Crippen LogP contribution is 2.44. The molecule has 2 aromatic rings. The van der Waals surface area contributed by atoms with E-state index in [1.54, 1.807) is 0 Å². The Bertz CT molecular complexity index is 988. The summed E-state index contributed by atoms with van der Waals surface area (Å²) in [5.41, 5.74) is 4.63. The van der Waals surface area contributed by atoms with E-state index in [4.69, 9.17) is 9.84 Å². The molecule has 0 bridgehead atoms. The molecule has 0 saturated heterocycles. The predicted octanol–water partition coefficient (Wildman–Crippen LogP) is 4.46. The van der Waals surface area contributed by atoms with Gasteiger partial charge in [0.1, 0.15) is 12.6 Å². The van der Waals surface area contributed by atoms with Gasteiger partial charge in [-0.3, -0.25) is 9.59 Å². The summed E-state index contributed by atoms with van der Waals surface area (Å²) in [7, 11) is 0. The number of carboxylic acids is 1. The fourth-order valence-electron chi connectivity index (χ4n) is 4.61. The largest absolute Gasteiger partial charge is 0.481 e. The first-order valence-electron chi connectivity index (χ1n) is 12.1. The first kappa shape index (κ1) is 23.8. The van der Waals surface area contributed by atoms with Crippen molar-refractivity contribution in [2.45, 2.75) is 56.9 Å². The number of alkyl carbamates (subject to hydrolysis) is 1. The van der Waals surface area contributed by atoms with Gasteiger partial charge in [0, 0.05) is 18.9 Å². The standard InChI is InChI=1S/C27H32N2O5/c30-25(31)12-2-1-7-15-28-26(32)24(16-18-13-14-18)29-27(33)34-17-23-21-10-5-3-8-19(21)20-9-4-6-11-22(20)23/h3-6,8-11,18,23-24H,1-2,7,12-17H2,(H,28,32)(H,29,33)(H,30,31)/t24-/m0/s1. The van der Waals surface area contributed by atoms with Gasteiger partial charge in [0.15, 0.2) is 0 Å². The molecule has 2 aromatic carbocycles. The molecule has 180 valence electrons. The van der Waals surface area contributed by atoms with Gasteiger partial charge in [-0.25, -0.2) is 4.79 Å². The Morgan fingerprint density at radius 2 is 1.59 bits per heavy atom. The summed E-state index contributed by atoms with van der Waals surface area (Å²) in [4.78, 5) is 35.9. The SMILES string of the molecule is O=C(O)CCCCCNC(=O)[C@H](CC1CC1)NC(=O)OCC1c2ccccc2-c2ccccc21. The van der Waals surface area contributed by atoms with Crippen LogP contribution in [-0.4, -0.2) is 42.3 Å². The maximum Gasteiger partial charge on any atom is 0.407 e. The minimum Gasteiger partial charge on any atom is -0.481 e. The summed E-state index contributed by atoms with van der Waals surface area (Å²) in [6.07, 6.45) is 4.35. The zero-order chi connectivity index (χ0) is 23.9. The number of unbranched alkanes of at least 4 members (excludes halogenated alkanes) is 2. The van der Waals surface area contributed by atoms with Crippen LogP contribution >= 0.6 is 0 Å². The van der Waals surface area contributed by atoms with Crippen LogP contribution in [0.2, 0.25) is 0 Å². The van der Waals surface area contributed by atoms with Gasteiger partial charge in [-0.15, -0.1) is 0 Å². The number of hydrogen-bond donors (Lipinski definition) is 3. The van der Waals surface area contributed by atoms with Gasteiger partial charge in [-0.05, 0) is 47.4 Å². The van der Waals surface area contributed by atoms with Crippen molar-refractivity contribution < 1.29 is 24.2 Å². The minimum absolute atomic E-state index is 0.0281. The van der Waals surface area contributed by atoms with E-state index in [-0.39, 0.29) is 24.9 Å². The van der Waals surface area contributed by atoms with Crippen molar-refractivity contribution in [3.05, 3.63) is 59.7 Å². The maximum atomic E-state index is 12.7. The lowest BCUT2D eigenvalue weighted by atomic mass is 9.98. The third-order valence-electron chi connectivity index (χ3n) is 6.58. The van der Waals surface area contributed by atoms with E-state index in [1.807, 2.05) is 24.3 Å². The van der Waals surface area contributed by atoms with Crippen molar-refractivity contribution in [3.63, 3.8) is 0 Å². The van der Waals surface area contributed by atoms with Crippen LogP contribution in [0.15, 0.2) is 48.5 Å². The van der Waals surface area contributed by atoms with Crippen LogP contribution in [0.5, 0.6) is 0 Å². The molecule has 0 radical (unpaired) electrons. The first-order chi connectivity index (χ1) is 16.5. The molecule has 7 nitrogen and oxygen atoms in total. The normalized spacial score (nSPS) is 15.2. The van der Waals surface area contributed by atoms with Crippen LogP contribution in [-0.2, 0) is 14.3 Å². The fourth-order valence-corrected chi connectivity index (χ4v) is 4.61. The zero-order valence-corrected chi connectivity index (χ0v) is 19.3. The van der Waals surface area contributed by atoms with Crippen LogP contribution in [0.25, 0.3) is 11.1 Å². The summed E-state index contributed by atoms with van der Waals surface area (Å²) in [5.74, 6) is -0.584. The second-order valence-electron chi connectivity index (χ2n) is 9.20. The summed E-state index contributed by atoms with van der Waals surface area (Å²) in [5, 5.41) is 14.3. The molecular weight excluding hydrogens is 432 g/mol. The Labute approximate surface area is 199 Å². The first-order valence-corrected chi connectivity index (χ1v) is 12.1. The van der Waals surface area contributed by atoms with Crippen molar-refractivity contribution in [1.29, 1.82) is 0 Å². The van der Waals surface area contributed by atoms with Gasteiger partial charge in [-0.2, -0.15) is 0 Å². The number of ether oxygens (including phenoxy) is 1. The number of carbonyl (C=O) groups is 3. The van der Waals surface area contributed by atoms with Crippen LogP contribution in [0.3, 0.4) is 0 Å². The van der Waals surface area contributed by atoms with Gasteiger partial charge in [0.2, 0.25) is 5.91 Å². The lowest BCUT2D eigenvalue weighted by Gasteiger charge is -2.20. The molecule has 34 heavy (non-hydrogen) atoms. The number of carboxylic acid groups (broad SMARTS) is 1. The highest BCUT2D eigenvalue weighted by Gasteiger charge is 2.32. The average molecular weight is 465 g/mol. The van der Waals surface area contributed by atoms with E-state index < -0.39 is 18.1 Å². The predicted molar refractivity (Wildman–Crippen MR) is 128 cm³/mol. The van der Waals surface area contributed by atoms with Crippen molar-refractivity contribution in [2.24, 2.45) is 5.92 Å². The third-order valence-corrected chi connectivity index (χ3v) is 6.58. The number of nitrogens with one attached hydrogen (secondary N) is 2. The maximum absolute atomic E-state index is 12.7. The average Bonchev–Trinajstić information content (AvgIpc) is 3.59. The van der Waals surface area contributed by atoms with E-state index in [2.05, 4.69) is 34.9 Å². The number of hydrogen-bond acceptors (Lipinski definition) is 4. The van der Waals surface area contributed by atoms with Gasteiger partial charge in [0.25, 0.3) is 0 Å². The van der Waals surface area contributed by atoms with Gasteiger partial charge in [-0.1, -0.05) is 67.8 Å². The Morgan fingerprint density at radius 3 is 2.21 bits per heavy atom. The van der Waals surface area contributed by atoms with E-state index >= 15 is 0 Å². The summed E-state index contributed by atoms with van der Waals surface area (Å²) < 4.78 is 5.62. The molecule has 0 aliphatic heterocycles. The monoisotopic (exact) mass is 464 g/mol. The van der Waals surface area contributed by atoms with Crippen LogP contribution in [0, 0.1) is 5.92 Å². The quantitative estimate of drug-likeness (QED) is 0.403. The minimum atomic E-state index is -0.805. The van der Waals surface area contributed by atoms with Gasteiger partial charge >= 0.3 is 12.1 Å². The number of carbonyl (C=O) groups excluding carboxylic acids is 2. The number of rotatable bonds is 12. The Kier molecular flexibility index (Phi) is 7.83. The molecule has 2 aliphatic rings. The van der Waals surface area contributed by atoms with Crippen LogP contribution in [0.1, 0.15) is 62.0 Å². The number of fused-ring (bicyclic) bond motifs is 3. The Balaban J connectivity index is 1.29. The molecule has 4 rings (SSSR count). The number of amides is 2. The van der Waals surface area contributed by atoms with E-state index in [9.17, 15) is 14.4 Å². The van der Waals surface area contributed by atoms with Gasteiger partial charge in [0.05, 0.1) is 0 Å². The summed E-state index contributed by atoms with van der Waals surface area (Å²) in [6.45, 7) is 0.674. The molecule has 1 fully saturated rings. The van der Waals surface area contributed by atoms with Crippen molar-refractivity contribution >= 4 is 18.0 Å². The summed E-state index contributed by atoms with van der Waals surface area (Å²) >= 11 is 0. The molecule has 2 amide bonds. The lowest BCUT2D eigenvalue weighted by Crippen LogP contribution is -2.47. The molecule has 0 unspecified atom stereocenters. The number of aliphatic carboxylic acids is 1. The third kappa shape index (κ3) is 6.16. The second-order valence-corrected chi connectivity index (χ2v) is 9.20. The molecule has 3 N–H and O–H groups in total. The van der Waals surface area contributed by atoms with Gasteiger partial charge < -0.3 is 20.5 Å². The Hall–Kier alpha value is -3.35. The van der Waals surface area contributed by atoms with E-state index in [0.717, 1.165) is 30.4 Å². The molecular formula is C27H32N2O5. The smallest absolute Gasteiger partial charge is 0.407 e. The lowest BCUT2D eigenvalue weighted by molar-refractivity contribution is -0.137. The van der Waals surface area contributed by atoms with Crippen molar-refractivity contribution in [2.75, 3.05) is 13.2 Å². The van der Waals surface area contributed by atoms with E-state index in [1.165, 1.54) is 11.1 Å². The molecule has 2 aliphatic carbocycles. The highest BCUT2D eigenvalue weighted by molar-refractivity contribution is 5.85. The number of benzene rings is 2. The fraction of sp³-hybridized carbons (Fsp3) is 0.444. The topological polar surface area (TPSA) is 105 Å². The highest BCUT2D eigenvalue weighted by atomic mass is 16.5. The van der Waals surface area contributed by atoms with E-state index in [0.29, 0.717) is 31.7 Å². The molecule has 1 saturated carbocycles. The van der Waals surface area contributed by atoms with Crippen molar-refractivity contribution in [3.8, 4) is 11.1 Å². The molecule has 0 aromatic heterocycles. The molecule has 0 heterocycles. The zero-order valence-electron chi connectivity index (χ0n) is 19.3. The van der Waals surface area contributed by atoms with Crippen LogP contribution < -0.4 is 10.6 Å². The second kappa shape index (κ2) is 11.2. The van der Waals surface area contributed by atoms with Crippen molar-refractivity contribution in [1.82, 2.24) is 10.6 Å². The Morgan fingerprint density at radius 1 is 0.941 bits per heavy atom.